The molecule has 0 aromatic carbocycles. The summed E-state index contributed by atoms with van der Waals surface area (Å²) in [7, 11) is 0. The number of hydrogen-bond donors (Lipinski definition) is 3. The van der Waals surface area contributed by atoms with Crippen LogP contribution in [0.2, 0.25) is 0 Å². The number of nitrogens with zero attached hydrogens (tertiary/aromatic N) is 3. The molecule has 18 heavy (non-hydrogen) atoms. The molecule has 8 heteroatoms. The summed E-state index contributed by atoms with van der Waals surface area (Å²) in [5, 5.41) is 2.23. The molecule has 0 unspecified atom stereocenters. The molecule has 4 N–H and O–H groups in total. The Kier molecular flexibility index (Phi) is 3.38. The lowest BCUT2D eigenvalue weighted by molar-refractivity contribution is -0.130. The van der Waals surface area contributed by atoms with E-state index in [2.05, 4.69) is 20.7 Å². The van der Waals surface area contributed by atoms with Gasteiger partial charge in [-0.1, -0.05) is 6.92 Å². The van der Waals surface area contributed by atoms with Crippen LogP contribution < -0.4 is 21.5 Å². The van der Waals surface area contributed by atoms with Crippen LogP contribution in [0.15, 0.2) is 6.07 Å². The number of imide groups is 1. The van der Waals surface area contributed by atoms with E-state index in [9.17, 15) is 9.59 Å². The van der Waals surface area contributed by atoms with Gasteiger partial charge in [-0.2, -0.15) is 0 Å². The maximum atomic E-state index is 11.3. The molecule has 1 aromatic rings. The molecule has 1 aliphatic rings. The Morgan fingerprint density at radius 3 is 2.61 bits per heavy atom. The predicted molar refractivity (Wildman–Crippen MR) is 64.6 cm³/mol. The van der Waals surface area contributed by atoms with Crippen molar-refractivity contribution in [1.82, 2.24) is 15.3 Å². The van der Waals surface area contributed by atoms with Crippen LogP contribution in [0.5, 0.6) is 0 Å². The molecule has 1 fully saturated rings. The Bertz CT molecular complexity index is 451. The summed E-state index contributed by atoms with van der Waals surface area (Å²) in [5.74, 6) is 6.20. The average Bonchev–Trinajstić information content (AvgIpc) is 2.37. The van der Waals surface area contributed by atoms with Crippen molar-refractivity contribution in [2.45, 2.75) is 13.3 Å². The molecule has 1 saturated heterocycles. The average molecular weight is 250 g/mol. The molecule has 1 aliphatic heterocycles. The van der Waals surface area contributed by atoms with Crippen molar-refractivity contribution in [2.24, 2.45) is 5.84 Å². The molecular formula is C10H14N6O2. The number of hydrogen-bond acceptors (Lipinski definition) is 7. The Hall–Kier alpha value is -2.22. The lowest BCUT2D eigenvalue weighted by atomic mass is 10.3. The first kappa shape index (κ1) is 12.2. The van der Waals surface area contributed by atoms with E-state index >= 15 is 0 Å². The molecule has 0 radical (unpaired) electrons. The fourth-order valence-corrected chi connectivity index (χ4v) is 1.68. The molecule has 96 valence electrons. The lowest BCUT2D eigenvalue weighted by Crippen LogP contribution is -2.51. The van der Waals surface area contributed by atoms with E-state index in [1.165, 1.54) is 0 Å². The minimum absolute atomic E-state index is 0.0932. The minimum atomic E-state index is -0.342. The van der Waals surface area contributed by atoms with Crippen molar-refractivity contribution in [3.63, 3.8) is 0 Å². The molecule has 2 rings (SSSR count). The van der Waals surface area contributed by atoms with Crippen LogP contribution in [0, 0.1) is 0 Å². The predicted octanol–water partition coefficient (Wildman–Crippen LogP) is -1.21. The number of rotatable bonds is 3. The first-order valence-corrected chi connectivity index (χ1v) is 5.54. The van der Waals surface area contributed by atoms with Gasteiger partial charge in [-0.25, -0.2) is 15.8 Å². The van der Waals surface area contributed by atoms with Gasteiger partial charge in [-0.15, -0.1) is 0 Å². The summed E-state index contributed by atoms with van der Waals surface area (Å²) < 4.78 is 0. The Morgan fingerprint density at radius 1 is 1.39 bits per heavy atom. The highest BCUT2D eigenvalue weighted by atomic mass is 16.2. The van der Waals surface area contributed by atoms with Gasteiger partial charge in [0.15, 0.2) is 0 Å². The first-order valence-electron chi connectivity index (χ1n) is 5.54. The van der Waals surface area contributed by atoms with Gasteiger partial charge < -0.3 is 10.3 Å². The Balaban J connectivity index is 2.31. The number of aromatic nitrogens is 2. The van der Waals surface area contributed by atoms with Gasteiger partial charge in [0.25, 0.3) is 0 Å². The van der Waals surface area contributed by atoms with Gasteiger partial charge in [-0.05, 0) is 0 Å². The normalized spacial score (nSPS) is 15.6. The third kappa shape index (κ3) is 2.54. The number of anilines is 2. The first-order chi connectivity index (χ1) is 8.62. The summed E-state index contributed by atoms with van der Waals surface area (Å²) >= 11 is 0. The summed E-state index contributed by atoms with van der Waals surface area (Å²) in [6.07, 6.45) is 0.635. The summed E-state index contributed by atoms with van der Waals surface area (Å²) in [6, 6.07) is 1.60. The molecular weight excluding hydrogens is 236 g/mol. The van der Waals surface area contributed by atoms with E-state index in [4.69, 9.17) is 5.84 Å². The van der Waals surface area contributed by atoms with E-state index in [1.54, 1.807) is 11.0 Å². The van der Waals surface area contributed by atoms with Crippen molar-refractivity contribution in [3.05, 3.63) is 11.9 Å². The van der Waals surface area contributed by atoms with Gasteiger partial charge in [0, 0.05) is 12.5 Å². The van der Waals surface area contributed by atoms with Crippen LogP contribution in [-0.2, 0) is 16.0 Å². The second kappa shape index (κ2) is 4.96. The van der Waals surface area contributed by atoms with E-state index in [-0.39, 0.29) is 24.9 Å². The number of carbonyl (C=O) groups excluding carboxylic acids is 2. The number of nitrogens with two attached hydrogens (primary N) is 1. The van der Waals surface area contributed by atoms with Crippen molar-refractivity contribution < 1.29 is 9.59 Å². The molecule has 0 spiro atoms. The molecule has 1 aromatic heterocycles. The molecule has 0 bridgehead atoms. The van der Waals surface area contributed by atoms with Crippen LogP contribution in [0.25, 0.3) is 0 Å². The van der Waals surface area contributed by atoms with Crippen molar-refractivity contribution in [3.8, 4) is 0 Å². The zero-order valence-electron chi connectivity index (χ0n) is 9.93. The van der Waals surface area contributed by atoms with Crippen molar-refractivity contribution in [1.29, 1.82) is 0 Å². The number of aryl methyl sites for hydroxylation is 1. The van der Waals surface area contributed by atoms with E-state index < -0.39 is 0 Å². The van der Waals surface area contributed by atoms with Gasteiger partial charge >= 0.3 is 0 Å². The molecule has 0 atom stereocenters. The second-order valence-corrected chi connectivity index (χ2v) is 3.85. The van der Waals surface area contributed by atoms with Crippen LogP contribution in [0.3, 0.4) is 0 Å². The van der Waals surface area contributed by atoms with E-state index in [0.29, 0.717) is 23.9 Å². The largest absolute Gasteiger partial charge is 0.338 e. The molecule has 0 saturated carbocycles. The van der Waals surface area contributed by atoms with E-state index in [1.807, 2.05) is 6.92 Å². The fourth-order valence-electron chi connectivity index (χ4n) is 1.68. The third-order valence-electron chi connectivity index (χ3n) is 2.49. The maximum absolute atomic E-state index is 11.3. The number of piperazine rings is 1. The number of amides is 2. The number of carbonyl (C=O) groups is 2. The number of hydrazine groups is 1. The van der Waals surface area contributed by atoms with Crippen LogP contribution in [0.4, 0.5) is 11.6 Å². The Morgan fingerprint density at radius 2 is 2.06 bits per heavy atom. The summed E-state index contributed by atoms with van der Waals surface area (Å²) in [4.78, 5) is 32.6. The summed E-state index contributed by atoms with van der Waals surface area (Å²) in [6.45, 7) is 2.10. The lowest BCUT2D eigenvalue weighted by Gasteiger charge is -2.26. The zero-order chi connectivity index (χ0) is 13.1. The van der Waals surface area contributed by atoms with Crippen LogP contribution in [-0.4, -0.2) is 34.9 Å². The standard InChI is InChI=1S/C10H14N6O2/c1-2-6-12-7(15-11)3-8(13-6)16-4-9(17)14-10(18)5-16/h3H,2,4-5,11H2,1H3,(H,12,13,15)(H,14,17,18). The van der Waals surface area contributed by atoms with Gasteiger partial charge in [0.2, 0.25) is 11.8 Å². The van der Waals surface area contributed by atoms with Crippen molar-refractivity contribution in [2.75, 3.05) is 23.4 Å². The molecule has 2 amide bonds. The molecule has 8 nitrogen and oxygen atoms in total. The highest BCUT2D eigenvalue weighted by Gasteiger charge is 2.24. The van der Waals surface area contributed by atoms with Crippen LogP contribution >= 0.6 is 0 Å². The van der Waals surface area contributed by atoms with E-state index in [0.717, 1.165) is 0 Å². The second-order valence-electron chi connectivity index (χ2n) is 3.85. The van der Waals surface area contributed by atoms with Crippen molar-refractivity contribution >= 4 is 23.5 Å². The molecule has 0 aliphatic carbocycles. The Labute approximate surface area is 104 Å². The maximum Gasteiger partial charge on any atom is 0.246 e. The highest BCUT2D eigenvalue weighted by Crippen LogP contribution is 2.16. The SMILES string of the molecule is CCc1nc(NN)cc(N2CC(=O)NC(=O)C2)n1. The van der Waals surface area contributed by atoms with Gasteiger partial charge in [0.1, 0.15) is 17.5 Å². The summed E-state index contributed by atoms with van der Waals surface area (Å²) in [5.41, 5.74) is 2.44. The monoisotopic (exact) mass is 250 g/mol. The molecule has 2 heterocycles. The topological polar surface area (TPSA) is 113 Å². The third-order valence-corrected chi connectivity index (χ3v) is 2.49. The zero-order valence-corrected chi connectivity index (χ0v) is 9.93. The number of nitrogen functional groups attached to an aromatic ring is 1. The van der Waals surface area contributed by atoms with Gasteiger partial charge in [0.05, 0.1) is 13.1 Å². The van der Waals surface area contributed by atoms with Gasteiger partial charge in [-0.3, -0.25) is 14.9 Å². The quantitative estimate of drug-likeness (QED) is 0.350. The number of nitrogens with one attached hydrogen (secondary N) is 2. The minimum Gasteiger partial charge on any atom is -0.338 e. The smallest absolute Gasteiger partial charge is 0.246 e. The van der Waals surface area contributed by atoms with Crippen LogP contribution in [0.1, 0.15) is 12.7 Å². The fraction of sp³-hybridized carbons (Fsp3) is 0.400. The highest BCUT2D eigenvalue weighted by molar-refractivity contribution is 6.02.